The van der Waals surface area contributed by atoms with Crippen LogP contribution in [0.15, 0.2) is 48.5 Å². The zero-order valence-electron chi connectivity index (χ0n) is 13.4. The van der Waals surface area contributed by atoms with E-state index in [0.717, 1.165) is 11.1 Å². The van der Waals surface area contributed by atoms with Crippen LogP contribution in [0.1, 0.15) is 11.1 Å². The lowest BCUT2D eigenvalue weighted by Gasteiger charge is -2.37. The lowest BCUT2D eigenvalue weighted by molar-refractivity contribution is -0.156. The maximum atomic E-state index is 12.9. The molecule has 0 bridgehead atoms. The molecular weight excluding hydrogens is 322 g/mol. The molecule has 2 aromatic rings. The average Bonchev–Trinajstić information content (AvgIpc) is 2.66. The van der Waals surface area contributed by atoms with Gasteiger partial charge in [-0.1, -0.05) is 36.4 Å². The van der Waals surface area contributed by atoms with Gasteiger partial charge in [-0.3, -0.25) is 4.79 Å². The monoisotopic (exact) mass is 339 g/mol. The molecule has 1 N–H and O–H groups in total. The Bertz CT molecular complexity index is 834. The third kappa shape index (κ3) is 2.80. The number of benzene rings is 2. The number of carboxylic acids is 1. The van der Waals surface area contributed by atoms with Crippen LogP contribution in [0.25, 0.3) is 0 Å². The summed E-state index contributed by atoms with van der Waals surface area (Å²) in [6.45, 7) is 0.327. The normalized spacial score (nSPS) is 21.4. The lowest BCUT2D eigenvalue weighted by atomic mass is 9.93. The molecule has 6 heteroatoms. The Kier molecular flexibility index (Phi) is 3.80. The largest absolute Gasteiger partial charge is 0.485 e. The number of hydrogen-bond donors (Lipinski definition) is 1. The van der Waals surface area contributed by atoms with Crippen molar-refractivity contribution in [1.82, 2.24) is 4.90 Å². The molecule has 0 fully saturated rings. The molecular formula is C19H17NO5. The number of carbonyl (C=O) groups excluding carboxylic acids is 1. The summed E-state index contributed by atoms with van der Waals surface area (Å²) in [6, 6.07) is 13.8. The van der Waals surface area contributed by atoms with E-state index in [0.29, 0.717) is 17.9 Å². The molecule has 2 aromatic carbocycles. The maximum Gasteiger partial charge on any atom is 0.326 e. The first-order chi connectivity index (χ1) is 12.1. The van der Waals surface area contributed by atoms with E-state index < -0.39 is 18.1 Å². The topological polar surface area (TPSA) is 76.1 Å². The highest BCUT2D eigenvalue weighted by Crippen LogP contribution is 2.32. The minimum absolute atomic E-state index is 0.0698. The van der Waals surface area contributed by atoms with E-state index in [1.165, 1.54) is 4.90 Å². The van der Waals surface area contributed by atoms with E-state index in [9.17, 15) is 14.7 Å². The van der Waals surface area contributed by atoms with Gasteiger partial charge in [0.15, 0.2) is 11.5 Å². The van der Waals surface area contributed by atoms with Crippen LogP contribution in [-0.4, -0.2) is 40.6 Å². The fourth-order valence-corrected chi connectivity index (χ4v) is 3.30. The van der Waals surface area contributed by atoms with Crippen molar-refractivity contribution in [2.24, 2.45) is 0 Å². The molecule has 25 heavy (non-hydrogen) atoms. The molecule has 2 aliphatic rings. The summed E-state index contributed by atoms with van der Waals surface area (Å²) >= 11 is 0. The van der Waals surface area contributed by atoms with Gasteiger partial charge in [-0.25, -0.2) is 4.79 Å². The summed E-state index contributed by atoms with van der Waals surface area (Å²) in [4.78, 5) is 26.0. The summed E-state index contributed by atoms with van der Waals surface area (Å²) in [7, 11) is 0. The predicted molar refractivity (Wildman–Crippen MR) is 88.5 cm³/mol. The van der Waals surface area contributed by atoms with Gasteiger partial charge in [0.1, 0.15) is 12.6 Å². The van der Waals surface area contributed by atoms with E-state index in [2.05, 4.69) is 0 Å². The standard InChI is InChI=1S/C19H17NO5/c21-18(17-11-24-15-7-3-4-8-16(15)25-17)20-10-13-6-2-1-5-12(13)9-14(20)19(22)23/h1-8,14,17H,9-11H2,(H,22,23)/t14-,17+/m0/s1. The number of fused-ring (bicyclic) bond motifs is 2. The third-order valence-electron chi connectivity index (χ3n) is 4.60. The highest BCUT2D eigenvalue weighted by molar-refractivity contribution is 5.87. The van der Waals surface area contributed by atoms with Gasteiger partial charge in [0.25, 0.3) is 5.91 Å². The Hall–Kier alpha value is -3.02. The van der Waals surface area contributed by atoms with Gasteiger partial charge < -0.3 is 19.5 Å². The highest BCUT2D eigenvalue weighted by Gasteiger charge is 2.39. The summed E-state index contributed by atoms with van der Waals surface area (Å²) in [5, 5.41) is 9.57. The lowest BCUT2D eigenvalue weighted by Crippen LogP contribution is -2.54. The molecule has 4 rings (SSSR count). The fourth-order valence-electron chi connectivity index (χ4n) is 3.30. The van der Waals surface area contributed by atoms with Crippen LogP contribution in [0.5, 0.6) is 11.5 Å². The first-order valence-electron chi connectivity index (χ1n) is 8.12. The molecule has 128 valence electrons. The number of nitrogens with zero attached hydrogens (tertiary/aromatic N) is 1. The van der Waals surface area contributed by atoms with Crippen molar-refractivity contribution in [1.29, 1.82) is 0 Å². The Morgan fingerprint density at radius 1 is 1.00 bits per heavy atom. The molecule has 2 atom stereocenters. The van der Waals surface area contributed by atoms with E-state index in [-0.39, 0.29) is 19.1 Å². The van der Waals surface area contributed by atoms with Crippen LogP contribution in [-0.2, 0) is 22.6 Å². The van der Waals surface area contributed by atoms with Crippen LogP contribution in [0.4, 0.5) is 0 Å². The molecule has 6 nitrogen and oxygen atoms in total. The predicted octanol–water partition coefficient (Wildman–Crippen LogP) is 1.86. The SMILES string of the molecule is O=C(O)[C@@H]1Cc2ccccc2CN1C(=O)[C@H]1COc2ccccc2O1. The van der Waals surface area contributed by atoms with Crippen LogP contribution in [0, 0.1) is 0 Å². The number of carboxylic acid groups (broad SMARTS) is 1. The molecule has 2 aliphatic heterocycles. The molecule has 0 unspecified atom stereocenters. The van der Waals surface area contributed by atoms with Gasteiger partial charge in [0.2, 0.25) is 6.10 Å². The minimum Gasteiger partial charge on any atom is -0.485 e. The number of para-hydroxylation sites is 2. The molecule has 0 saturated carbocycles. The van der Waals surface area contributed by atoms with Crippen molar-refractivity contribution in [3.05, 3.63) is 59.7 Å². The van der Waals surface area contributed by atoms with Crippen molar-refractivity contribution in [2.45, 2.75) is 25.1 Å². The summed E-state index contributed by atoms with van der Waals surface area (Å²) in [5.74, 6) is -0.293. The molecule has 0 radical (unpaired) electrons. The first kappa shape index (κ1) is 15.5. The van der Waals surface area contributed by atoms with Crippen LogP contribution in [0.2, 0.25) is 0 Å². The molecule has 1 amide bonds. The fraction of sp³-hybridized carbons (Fsp3) is 0.263. The van der Waals surface area contributed by atoms with E-state index >= 15 is 0 Å². The smallest absolute Gasteiger partial charge is 0.326 e. The summed E-state index contributed by atoms with van der Waals surface area (Å²) in [5.41, 5.74) is 1.93. The zero-order chi connectivity index (χ0) is 17.4. The molecule has 0 aliphatic carbocycles. The van der Waals surface area contributed by atoms with Gasteiger partial charge in [-0.05, 0) is 23.3 Å². The maximum absolute atomic E-state index is 12.9. The van der Waals surface area contributed by atoms with Gasteiger partial charge in [-0.15, -0.1) is 0 Å². The number of aliphatic carboxylic acids is 1. The molecule has 0 aromatic heterocycles. The molecule has 2 heterocycles. The van der Waals surface area contributed by atoms with Gasteiger partial charge in [0, 0.05) is 13.0 Å². The van der Waals surface area contributed by atoms with E-state index in [1.54, 1.807) is 18.2 Å². The third-order valence-corrected chi connectivity index (χ3v) is 4.60. The Labute approximate surface area is 144 Å². The van der Waals surface area contributed by atoms with Crippen molar-refractivity contribution in [3.8, 4) is 11.5 Å². The van der Waals surface area contributed by atoms with Crippen LogP contribution < -0.4 is 9.47 Å². The van der Waals surface area contributed by atoms with Crippen molar-refractivity contribution in [2.75, 3.05) is 6.61 Å². The van der Waals surface area contributed by atoms with E-state index in [1.807, 2.05) is 30.3 Å². The average molecular weight is 339 g/mol. The van der Waals surface area contributed by atoms with E-state index in [4.69, 9.17) is 9.47 Å². The Morgan fingerprint density at radius 3 is 2.44 bits per heavy atom. The number of hydrogen-bond acceptors (Lipinski definition) is 4. The van der Waals surface area contributed by atoms with Gasteiger partial charge in [-0.2, -0.15) is 0 Å². The number of amides is 1. The minimum atomic E-state index is -1.01. The Balaban J connectivity index is 1.59. The first-order valence-corrected chi connectivity index (χ1v) is 8.12. The number of ether oxygens (including phenoxy) is 2. The summed E-state index contributed by atoms with van der Waals surface area (Å²) < 4.78 is 11.3. The van der Waals surface area contributed by atoms with Crippen LogP contribution in [0.3, 0.4) is 0 Å². The molecule has 0 saturated heterocycles. The number of carbonyl (C=O) groups is 2. The van der Waals surface area contributed by atoms with Crippen molar-refractivity contribution < 1.29 is 24.2 Å². The van der Waals surface area contributed by atoms with Gasteiger partial charge >= 0.3 is 5.97 Å². The molecule has 0 spiro atoms. The number of rotatable bonds is 2. The zero-order valence-corrected chi connectivity index (χ0v) is 13.4. The summed E-state index contributed by atoms with van der Waals surface area (Å²) in [6.07, 6.45) is -0.552. The van der Waals surface area contributed by atoms with Crippen LogP contribution >= 0.6 is 0 Å². The highest BCUT2D eigenvalue weighted by atomic mass is 16.6. The second-order valence-electron chi connectivity index (χ2n) is 6.16. The Morgan fingerprint density at radius 2 is 1.68 bits per heavy atom. The second kappa shape index (κ2) is 6.12. The van der Waals surface area contributed by atoms with Crippen molar-refractivity contribution in [3.63, 3.8) is 0 Å². The quantitative estimate of drug-likeness (QED) is 0.904. The van der Waals surface area contributed by atoms with Crippen molar-refractivity contribution >= 4 is 11.9 Å². The van der Waals surface area contributed by atoms with Gasteiger partial charge in [0.05, 0.1) is 0 Å². The second-order valence-corrected chi connectivity index (χ2v) is 6.16.